The normalized spacial score (nSPS) is 24.1. The summed E-state index contributed by atoms with van der Waals surface area (Å²) >= 11 is 0. The molecule has 0 aliphatic carbocycles. The highest BCUT2D eigenvalue weighted by molar-refractivity contribution is 5.95. The number of fused-ring (bicyclic) bond motifs is 1. The zero-order chi connectivity index (χ0) is 14.0. The van der Waals surface area contributed by atoms with Crippen LogP contribution in [-0.4, -0.2) is 61.0 Å². The smallest absolute Gasteiger partial charge is 0.245 e. The standard InChI is InChI=1S/C14H24N2O3/c1-14(2,6-8-19-3)10-15-9-12(17)16-7-4-5-11(16)13(15)18/h11H,4-10H2,1-3H3. The predicted molar refractivity (Wildman–Crippen MR) is 71.6 cm³/mol. The first-order chi connectivity index (χ1) is 8.94. The number of piperazine rings is 1. The van der Waals surface area contributed by atoms with Gasteiger partial charge in [-0.1, -0.05) is 13.8 Å². The fourth-order valence-corrected chi connectivity index (χ4v) is 2.97. The number of hydrogen-bond donors (Lipinski definition) is 0. The van der Waals surface area contributed by atoms with Gasteiger partial charge in [0.15, 0.2) is 0 Å². The minimum atomic E-state index is -0.195. The van der Waals surface area contributed by atoms with Crippen LogP contribution in [0.25, 0.3) is 0 Å². The molecule has 0 aromatic carbocycles. The highest BCUT2D eigenvalue weighted by Crippen LogP contribution is 2.28. The summed E-state index contributed by atoms with van der Waals surface area (Å²) in [5, 5.41) is 0. The van der Waals surface area contributed by atoms with Crippen molar-refractivity contribution in [3.8, 4) is 0 Å². The zero-order valence-electron chi connectivity index (χ0n) is 12.1. The van der Waals surface area contributed by atoms with Crippen molar-refractivity contribution >= 4 is 11.8 Å². The minimum Gasteiger partial charge on any atom is -0.385 e. The first-order valence-corrected chi connectivity index (χ1v) is 7.02. The Balaban J connectivity index is 2.00. The molecule has 5 heteroatoms. The van der Waals surface area contributed by atoms with E-state index in [0.717, 1.165) is 25.8 Å². The van der Waals surface area contributed by atoms with E-state index in [-0.39, 0.29) is 29.8 Å². The first kappa shape index (κ1) is 14.3. The van der Waals surface area contributed by atoms with Crippen LogP contribution in [0, 0.1) is 5.41 Å². The van der Waals surface area contributed by atoms with Crippen LogP contribution >= 0.6 is 0 Å². The molecule has 5 nitrogen and oxygen atoms in total. The quantitative estimate of drug-likeness (QED) is 0.744. The molecule has 1 atom stereocenters. The Kier molecular flexibility index (Phi) is 4.13. The lowest BCUT2D eigenvalue weighted by molar-refractivity contribution is -0.154. The third-order valence-corrected chi connectivity index (χ3v) is 4.10. The lowest BCUT2D eigenvalue weighted by Crippen LogP contribution is -2.58. The summed E-state index contributed by atoms with van der Waals surface area (Å²) in [6.07, 6.45) is 2.65. The van der Waals surface area contributed by atoms with Crippen LogP contribution in [0.4, 0.5) is 0 Å². The van der Waals surface area contributed by atoms with Gasteiger partial charge in [0.1, 0.15) is 6.04 Å². The van der Waals surface area contributed by atoms with Crippen molar-refractivity contribution in [2.24, 2.45) is 5.41 Å². The Labute approximate surface area is 114 Å². The summed E-state index contributed by atoms with van der Waals surface area (Å²) in [5.41, 5.74) is -0.0211. The van der Waals surface area contributed by atoms with E-state index in [1.165, 1.54) is 0 Å². The van der Waals surface area contributed by atoms with Gasteiger partial charge in [0.2, 0.25) is 11.8 Å². The van der Waals surface area contributed by atoms with E-state index in [0.29, 0.717) is 13.2 Å². The molecule has 0 N–H and O–H groups in total. The van der Waals surface area contributed by atoms with Gasteiger partial charge in [-0.05, 0) is 24.7 Å². The average Bonchev–Trinajstić information content (AvgIpc) is 2.83. The Hall–Kier alpha value is -1.10. The maximum Gasteiger partial charge on any atom is 0.245 e. The lowest BCUT2D eigenvalue weighted by atomic mass is 9.88. The second-order valence-electron chi connectivity index (χ2n) is 6.35. The maximum absolute atomic E-state index is 12.4. The van der Waals surface area contributed by atoms with Crippen molar-refractivity contribution in [2.75, 3.05) is 33.4 Å². The first-order valence-electron chi connectivity index (χ1n) is 7.02. The molecule has 1 unspecified atom stereocenters. The topological polar surface area (TPSA) is 49.9 Å². The molecule has 2 heterocycles. The van der Waals surface area contributed by atoms with Gasteiger partial charge >= 0.3 is 0 Å². The van der Waals surface area contributed by atoms with E-state index in [9.17, 15) is 9.59 Å². The number of rotatable bonds is 5. The van der Waals surface area contributed by atoms with Crippen molar-refractivity contribution in [3.63, 3.8) is 0 Å². The SMILES string of the molecule is COCCC(C)(C)CN1CC(=O)N2CCCC2C1=O. The molecule has 2 amide bonds. The van der Waals surface area contributed by atoms with Gasteiger partial charge in [-0.3, -0.25) is 9.59 Å². The van der Waals surface area contributed by atoms with Gasteiger partial charge < -0.3 is 14.5 Å². The number of hydrogen-bond acceptors (Lipinski definition) is 3. The Morgan fingerprint density at radius 1 is 1.37 bits per heavy atom. The van der Waals surface area contributed by atoms with E-state index in [1.54, 1.807) is 16.9 Å². The van der Waals surface area contributed by atoms with Crippen molar-refractivity contribution in [1.82, 2.24) is 9.80 Å². The fraction of sp³-hybridized carbons (Fsp3) is 0.857. The number of ether oxygens (including phenoxy) is 1. The van der Waals surface area contributed by atoms with Crippen LogP contribution in [0.15, 0.2) is 0 Å². The van der Waals surface area contributed by atoms with Crippen LogP contribution < -0.4 is 0 Å². The summed E-state index contributed by atoms with van der Waals surface area (Å²) < 4.78 is 5.11. The molecule has 2 aliphatic heterocycles. The molecule has 0 aromatic rings. The number of carbonyl (C=O) groups excluding carboxylic acids is 2. The summed E-state index contributed by atoms with van der Waals surface area (Å²) in [6, 6.07) is -0.195. The molecule has 0 aromatic heterocycles. The van der Waals surface area contributed by atoms with Crippen LogP contribution in [0.2, 0.25) is 0 Å². The Bertz CT molecular complexity index is 368. The molecule has 0 bridgehead atoms. The van der Waals surface area contributed by atoms with E-state index in [4.69, 9.17) is 4.74 Å². The van der Waals surface area contributed by atoms with Crippen LogP contribution in [-0.2, 0) is 14.3 Å². The third-order valence-electron chi connectivity index (χ3n) is 4.10. The number of carbonyl (C=O) groups is 2. The van der Waals surface area contributed by atoms with Gasteiger partial charge in [-0.2, -0.15) is 0 Å². The molecule has 2 aliphatic rings. The number of methoxy groups -OCH3 is 1. The van der Waals surface area contributed by atoms with Crippen molar-refractivity contribution in [2.45, 2.75) is 39.2 Å². The number of nitrogens with zero attached hydrogens (tertiary/aromatic N) is 2. The molecule has 0 saturated carbocycles. The van der Waals surface area contributed by atoms with E-state index in [1.807, 2.05) is 0 Å². The summed E-state index contributed by atoms with van der Waals surface area (Å²) in [5.74, 6) is 0.229. The van der Waals surface area contributed by atoms with Crippen LogP contribution in [0.1, 0.15) is 33.1 Å². The molecular formula is C14H24N2O3. The maximum atomic E-state index is 12.4. The summed E-state index contributed by atoms with van der Waals surface area (Å²) in [6.45, 7) is 6.53. The van der Waals surface area contributed by atoms with Gasteiger partial charge in [0.25, 0.3) is 0 Å². The van der Waals surface area contributed by atoms with Gasteiger partial charge in [0, 0.05) is 26.8 Å². The minimum absolute atomic E-state index is 0.0211. The van der Waals surface area contributed by atoms with Crippen molar-refractivity contribution < 1.29 is 14.3 Å². The van der Waals surface area contributed by atoms with Crippen molar-refractivity contribution in [1.29, 1.82) is 0 Å². The third kappa shape index (κ3) is 3.08. The van der Waals surface area contributed by atoms with Crippen LogP contribution in [0.5, 0.6) is 0 Å². The molecule has 0 radical (unpaired) electrons. The zero-order valence-corrected chi connectivity index (χ0v) is 12.1. The highest BCUT2D eigenvalue weighted by Gasteiger charge is 2.42. The second kappa shape index (κ2) is 5.49. The number of amides is 2. The van der Waals surface area contributed by atoms with Crippen LogP contribution in [0.3, 0.4) is 0 Å². The Morgan fingerprint density at radius 3 is 2.79 bits per heavy atom. The molecule has 2 rings (SSSR count). The molecule has 19 heavy (non-hydrogen) atoms. The van der Waals surface area contributed by atoms with E-state index >= 15 is 0 Å². The van der Waals surface area contributed by atoms with E-state index < -0.39 is 0 Å². The van der Waals surface area contributed by atoms with Gasteiger partial charge in [0.05, 0.1) is 6.54 Å². The van der Waals surface area contributed by atoms with Gasteiger partial charge in [-0.15, -0.1) is 0 Å². The Morgan fingerprint density at radius 2 is 2.11 bits per heavy atom. The molecule has 2 saturated heterocycles. The summed E-state index contributed by atoms with van der Waals surface area (Å²) in [7, 11) is 1.68. The fourth-order valence-electron chi connectivity index (χ4n) is 2.97. The second-order valence-corrected chi connectivity index (χ2v) is 6.35. The van der Waals surface area contributed by atoms with Gasteiger partial charge in [-0.25, -0.2) is 0 Å². The highest BCUT2D eigenvalue weighted by atomic mass is 16.5. The summed E-state index contributed by atoms with van der Waals surface area (Å²) in [4.78, 5) is 27.9. The van der Waals surface area contributed by atoms with Crippen molar-refractivity contribution in [3.05, 3.63) is 0 Å². The average molecular weight is 268 g/mol. The molecule has 2 fully saturated rings. The molecular weight excluding hydrogens is 244 g/mol. The van der Waals surface area contributed by atoms with E-state index in [2.05, 4.69) is 13.8 Å². The molecule has 0 spiro atoms. The molecule has 108 valence electrons. The lowest BCUT2D eigenvalue weighted by Gasteiger charge is -2.40. The predicted octanol–water partition coefficient (Wildman–Crippen LogP) is 0.882. The monoisotopic (exact) mass is 268 g/mol. The largest absolute Gasteiger partial charge is 0.385 e.